The van der Waals surface area contributed by atoms with Crippen molar-refractivity contribution in [3.63, 3.8) is 0 Å². The first kappa shape index (κ1) is 41.5. The molecule has 2 saturated heterocycles. The quantitative estimate of drug-likeness (QED) is 0.0869. The van der Waals surface area contributed by atoms with Crippen LogP contribution in [0.4, 0.5) is 27.3 Å². The summed E-state index contributed by atoms with van der Waals surface area (Å²) in [6.45, 7) is 13.2. The number of rotatable bonds is 13. The molecule has 3 saturated carbocycles. The van der Waals surface area contributed by atoms with Crippen molar-refractivity contribution in [2.24, 2.45) is 16.7 Å². The molecule has 326 valence electrons. The molecule has 0 spiro atoms. The maximum Gasteiger partial charge on any atom is 0.293 e. The van der Waals surface area contributed by atoms with E-state index in [2.05, 4.69) is 50.9 Å². The van der Waals surface area contributed by atoms with E-state index >= 15 is 0 Å². The lowest BCUT2D eigenvalue weighted by atomic mass is 9.38. The summed E-state index contributed by atoms with van der Waals surface area (Å²) >= 11 is 0. The van der Waals surface area contributed by atoms with Crippen LogP contribution in [-0.2, 0) is 14.8 Å². The van der Waals surface area contributed by atoms with Crippen LogP contribution < -0.4 is 25.0 Å². The number of nitrogens with one attached hydrogen (secondary N) is 3. The molecule has 4 aliphatic carbocycles. The van der Waals surface area contributed by atoms with Crippen molar-refractivity contribution >= 4 is 38.8 Å². The van der Waals surface area contributed by atoms with Gasteiger partial charge in [-0.15, -0.1) is 0 Å². The van der Waals surface area contributed by atoms with Gasteiger partial charge < -0.3 is 25.0 Å². The molecule has 7 aliphatic rings. The van der Waals surface area contributed by atoms with E-state index in [1.165, 1.54) is 23.3 Å². The van der Waals surface area contributed by atoms with E-state index in [1.54, 1.807) is 24.4 Å². The van der Waals surface area contributed by atoms with Gasteiger partial charge >= 0.3 is 0 Å². The number of piperazine rings is 1. The Bertz CT molecular complexity index is 2360. The smallest absolute Gasteiger partial charge is 0.293 e. The van der Waals surface area contributed by atoms with Gasteiger partial charge in [-0.3, -0.25) is 19.8 Å². The van der Waals surface area contributed by atoms with Crippen LogP contribution in [0.3, 0.4) is 0 Å². The zero-order valence-electron chi connectivity index (χ0n) is 35.2. The summed E-state index contributed by atoms with van der Waals surface area (Å²) in [4.78, 5) is 34.2. The number of carbonyl (C=O) groups is 1. The maximum atomic E-state index is 14.7. The number of pyridine rings is 1. The van der Waals surface area contributed by atoms with Crippen LogP contribution in [0.2, 0.25) is 0 Å². The lowest BCUT2D eigenvalue weighted by Crippen LogP contribution is -2.65. The molecule has 1 atom stereocenters. The Balaban J connectivity index is 0.926. The van der Waals surface area contributed by atoms with Crippen LogP contribution >= 0.6 is 0 Å². The maximum absolute atomic E-state index is 14.7. The largest absolute Gasteiger partial charge is 0.455 e. The number of halogens is 1. The number of sulfonamides is 1. The third-order valence-corrected chi connectivity index (χ3v) is 15.3. The fraction of sp³-hybridized carbons (Fsp3) is 0.556. The van der Waals surface area contributed by atoms with E-state index < -0.39 is 37.1 Å². The van der Waals surface area contributed by atoms with Gasteiger partial charge in [-0.2, -0.15) is 0 Å². The third-order valence-electron chi connectivity index (χ3n) is 14.0. The van der Waals surface area contributed by atoms with Gasteiger partial charge in [-0.25, -0.2) is 22.5 Å². The van der Waals surface area contributed by atoms with Crippen molar-refractivity contribution in [3.05, 3.63) is 81.0 Å². The molecule has 4 heterocycles. The van der Waals surface area contributed by atoms with Gasteiger partial charge in [-0.05, 0) is 93.0 Å². The Kier molecular flexibility index (Phi) is 10.8. The number of amides is 1. The summed E-state index contributed by atoms with van der Waals surface area (Å²) < 4.78 is 56.0. The number of ether oxygens (including phenoxy) is 2. The Hall–Kier alpha value is -4.80. The van der Waals surface area contributed by atoms with Gasteiger partial charge in [0, 0.05) is 93.7 Å². The molecule has 61 heavy (non-hydrogen) atoms. The molecule has 5 fully saturated rings. The fourth-order valence-electron chi connectivity index (χ4n) is 10.4. The van der Waals surface area contributed by atoms with Crippen molar-refractivity contribution in [1.29, 1.82) is 0 Å². The number of anilines is 3. The number of allylic oxidation sites excluding steroid dienone is 1. The first-order chi connectivity index (χ1) is 29.1. The average molecular weight is 858 g/mol. The Morgan fingerprint density at radius 3 is 2.56 bits per heavy atom. The van der Waals surface area contributed by atoms with Crippen LogP contribution in [0.25, 0.3) is 0 Å². The number of fused-ring (bicyclic) bond motifs is 1. The summed E-state index contributed by atoms with van der Waals surface area (Å²) in [6.07, 6.45) is 8.54. The Labute approximate surface area is 356 Å². The van der Waals surface area contributed by atoms with Gasteiger partial charge in [0.1, 0.15) is 28.7 Å². The van der Waals surface area contributed by atoms with Gasteiger partial charge in [0.05, 0.1) is 21.6 Å². The van der Waals surface area contributed by atoms with Crippen molar-refractivity contribution in [2.45, 2.75) is 88.6 Å². The highest BCUT2D eigenvalue weighted by molar-refractivity contribution is 7.90. The van der Waals surface area contributed by atoms with Crippen molar-refractivity contribution in [1.82, 2.24) is 14.6 Å². The van der Waals surface area contributed by atoms with E-state index in [1.807, 2.05) is 6.07 Å². The Morgan fingerprint density at radius 1 is 1.08 bits per heavy atom. The normalized spacial score (nSPS) is 26.1. The number of aromatic nitrogens is 1. The highest BCUT2D eigenvalue weighted by Crippen LogP contribution is 2.74. The summed E-state index contributed by atoms with van der Waals surface area (Å²) in [6, 6.07) is 10.6. The zero-order valence-corrected chi connectivity index (χ0v) is 36.0. The molecule has 2 bridgehead atoms. The van der Waals surface area contributed by atoms with Crippen molar-refractivity contribution in [3.8, 4) is 11.5 Å². The van der Waals surface area contributed by atoms with Crippen molar-refractivity contribution < 1.29 is 32.0 Å². The van der Waals surface area contributed by atoms with Crippen molar-refractivity contribution in [2.75, 3.05) is 74.6 Å². The second kappa shape index (κ2) is 15.8. The Morgan fingerprint density at radius 2 is 1.84 bits per heavy atom. The lowest BCUT2D eigenvalue weighted by Gasteiger charge is -2.68. The summed E-state index contributed by atoms with van der Waals surface area (Å²) in [5.41, 5.74) is 3.99. The van der Waals surface area contributed by atoms with E-state index in [9.17, 15) is 27.7 Å². The number of alkyl halides is 1. The third kappa shape index (κ3) is 8.42. The number of nitrogens with zero attached hydrogens (tertiary/aromatic N) is 4. The number of carbonyl (C=O) groups excluding carboxylic acids is 1. The zero-order chi connectivity index (χ0) is 42.7. The number of hydrogen-bond acceptors (Lipinski definition) is 12. The van der Waals surface area contributed by atoms with Gasteiger partial charge in [-0.1, -0.05) is 31.9 Å². The van der Waals surface area contributed by atoms with E-state index in [0.717, 1.165) is 94.5 Å². The second-order valence-corrected chi connectivity index (χ2v) is 20.8. The topological polar surface area (TPSA) is 168 Å². The average Bonchev–Trinajstić information content (AvgIpc) is 3.58. The molecule has 3 aromatic rings. The number of hydrogen-bond donors (Lipinski definition) is 3. The number of nitro benzene ring substituents is 1. The highest BCUT2D eigenvalue weighted by atomic mass is 32.2. The monoisotopic (exact) mass is 857 g/mol. The number of benzene rings is 2. The second-order valence-electron chi connectivity index (χ2n) is 19.1. The summed E-state index contributed by atoms with van der Waals surface area (Å²) in [5.74, 6) is 0.842. The molecule has 1 aromatic heterocycles. The predicted octanol–water partition coefficient (Wildman–Crippen LogP) is 7.79. The fourth-order valence-corrected chi connectivity index (χ4v) is 11.4. The van der Waals surface area contributed by atoms with E-state index in [0.29, 0.717) is 44.8 Å². The minimum absolute atomic E-state index is 0.0229. The molecule has 2 aromatic carbocycles. The highest BCUT2D eigenvalue weighted by Gasteiger charge is 2.70. The molecular weight excluding hydrogens is 802 g/mol. The van der Waals surface area contributed by atoms with Crippen LogP contribution in [0.1, 0.15) is 94.0 Å². The van der Waals surface area contributed by atoms with Crippen LogP contribution in [0.5, 0.6) is 11.5 Å². The number of nitro groups is 1. The predicted molar refractivity (Wildman–Crippen MR) is 231 cm³/mol. The molecule has 3 aliphatic heterocycles. The lowest BCUT2D eigenvalue weighted by molar-refractivity contribution is -0.384. The minimum Gasteiger partial charge on any atom is -0.455 e. The summed E-state index contributed by atoms with van der Waals surface area (Å²) in [5, 5.41) is 18.5. The molecule has 10 rings (SSSR count). The van der Waals surface area contributed by atoms with Gasteiger partial charge in [0.15, 0.2) is 0 Å². The van der Waals surface area contributed by atoms with Crippen LogP contribution in [0, 0.1) is 26.9 Å². The molecule has 1 unspecified atom stereocenters. The summed E-state index contributed by atoms with van der Waals surface area (Å²) in [7, 11) is -4.55. The minimum atomic E-state index is -4.55. The first-order valence-corrected chi connectivity index (χ1v) is 23.2. The SMILES string of the molecule is CC1CNc2ncc(Oc3cc(N4CCN(CC5=C(C67CC(F)(C6)C7)CC(C)(C)CC5)CC4)ccc3C(=O)NS(=O)(=O)c3ccc(NCC4CCOCC4)c([N+](=O)[O-])c3)cc21. The van der Waals surface area contributed by atoms with Gasteiger partial charge in [0.2, 0.25) is 0 Å². The molecule has 0 radical (unpaired) electrons. The molecule has 16 heteroatoms. The molecule has 1 amide bonds. The van der Waals surface area contributed by atoms with Gasteiger partial charge in [0.25, 0.3) is 21.6 Å². The molecule has 14 nitrogen and oxygen atoms in total. The van der Waals surface area contributed by atoms with E-state index in [4.69, 9.17) is 9.47 Å². The van der Waals surface area contributed by atoms with Crippen LogP contribution in [-0.4, -0.2) is 93.8 Å². The first-order valence-electron chi connectivity index (χ1n) is 21.7. The standard InChI is InChI=1S/C45H56FN7O7S/c1-29-22-48-41-36(29)19-33(24-49-41)60-40-18-32(52-14-12-51(13-15-52)25-31-8-11-43(2,3)21-37(31)44-26-45(46,27-44)28-44)4-6-35(40)42(54)50-61(57,58)34-5-7-38(39(20-34)53(55)56)47-23-30-9-16-59-17-10-30/h4-7,18-20,24,29-30,47H,8-17,21-23,25-28H2,1-3H3,(H,48,49)(H,50,54). The molecular formula is C45H56FN7O7S. The van der Waals surface area contributed by atoms with E-state index in [-0.39, 0.29) is 39.7 Å². The molecule has 3 N–H and O–H groups in total. The van der Waals surface area contributed by atoms with Crippen LogP contribution in [0.15, 0.2) is 64.7 Å².